The van der Waals surface area contributed by atoms with Gasteiger partial charge in [0, 0.05) is 11.8 Å². The maximum absolute atomic E-state index is 12.8. The number of aryl methyl sites for hydroxylation is 1. The van der Waals surface area contributed by atoms with Crippen molar-refractivity contribution in [2.45, 2.75) is 52.0 Å². The van der Waals surface area contributed by atoms with Crippen molar-refractivity contribution < 1.29 is 14.3 Å². The maximum atomic E-state index is 12.8. The molecule has 1 spiro atoms. The number of imide groups is 1. The Hall–Kier alpha value is -1.84. The normalized spacial score (nSPS) is 33.2. The fraction of sp³-hybridized carbons (Fsp3) is 0.600. The third kappa shape index (κ3) is 2.04. The maximum Gasteiger partial charge on any atom is 0.416 e. The molecule has 0 radical (unpaired) electrons. The fourth-order valence-electron chi connectivity index (χ4n) is 5.41. The molecule has 1 saturated heterocycles. The van der Waals surface area contributed by atoms with E-state index in [-0.39, 0.29) is 22.8 Å². The van der Waals surface area contributed by atoms with Crippen LogP contribution in [0, 0.1) is 16.7 Å². The van der Waals surface area contributed by atoms with Gasteiger partial charge in [-0.05, 0) is 42.6 Å². The van der Waals surface area contributed by atoms with Gasteiger partial charge in [-0.3, -0.25) is 4.79 Å². The van der Waals surface area contributed by atoms with E-state index in [4.69, 9.17) is 4.74 Å². The van der Waals surface area contributed by atoms with Crippen LogP contribution in [0.2, 0.25) is 0 Å². The molecule has 2 bridgehead atoms. The van der Waals surface area contributed by atoms with Crippen LogP contribution >= 0.6 is 0 Å². The lowest BCUT2D eigenvalue weighted by Crippen LogP contribution is -2.60. The molecule has 0 aromatic heterocycles. The Bertz CT molecular complexity index is 669. The smallest absolute Gasteiger partial charge is 0.416 e. The van der Waals surface area contributed by atoms with Gasteiger partial charge in [0.25, 0.3) is 0 Å². The first-order valence-corrected chi connectivity index (χ1v) is 8.98. The van der Waals surface area contributed by atoms with E-state index in [0.717, 1.165) is 18.4 Å². The summed E-state index contributed by atoms with van der Waals surface area (Å²) in [4.78, 5) is 26.7. The van der Waals surface area contributed by atoms with Crippen LogP contribution in [0.25, 0.3) is 0 Å². The molecule has 0 N–H and O–H groups in total. The first-order valence-electron chi connectivity index (χ1n) is 8.98. The third-order valence-corrected chi connectivity index (χ3v) is 7.09. The van der Waals surface area contributed by atoms with Crippen LogP contribution in [-0.2, 0) is 16.0 Å². The van der Waals surface area contributed by atoms with Gasteiger partial charge in [0.15, 0.2) is 0 Å². The van der Waals surface area contributed by atoms with E-state index >= 15 is 0 Å². The first kappa shape index (κ1) is 15.7. The lowest BCUT2D eigenvalue weighted by molar-refractivity contribution is -0.142. The van der Waals surface area contributed by atoms with Crippen LogP contribution in [0.1, 0.15) is 45.1 Å². The van der Waals surface area contributed by atoms with E-state index in [0.29, 0.717) is 25.4 Å². The third-order valence-electron chi connectivity index (χ3n) is 7.09. The van der Waals surface area contributed by atoms with Crippen molar-refractivity contribution >= 4 is 12.0 Å². The van der Waals surface area contributed by atoms with Gasteiger partial charge in [0.1, 0.15) is 6.61 Å². The van der Waals surface area contributed by atoms with E-state index < -0.39 is 6.09 Å². The molecule has 3 atom stereocenters. The van der Waals surface area contributed by atoms with Crippen molar-refractivity contribution in [3.63, 3.8) is 0 Å². The summed E-state index contributed by atoms with van der Waals surface area (Å²) in [6, 6.07) is 9.98. The van der Waals surface area contributed by atoms with Crippen LogP contribution in [0.5, 0.6) is 0 Å². The summed E-state index contributed by atoms with van der Waals surface area (Å²) in [5.41, 5.74) is 1.21. The van der Waals surface area contributed by atoms with E-state index in [2.05, 4.69) is 13.8 Å². The molecule has 1 aromatic rings. The lowest BCUT2D eigenvalue weighted by atomic mass is 9.67. The number of rotatable bonds is 3. The molecular formula is C20H25NO3. The number of fused-ring (bicyclic) bond motifs is 1. The average molecular weight is 327 g/mol. The molecule has 4 nitrogen and oxygen atoms in total. The Balaban J connectivity index is 1.54. The van der Waals surface area contributed by atoms with Gasteiger partial charge in [-0.2, -0.15) is 0 Å². The first-order chi connectivity index (χ1) is 11.5. The van der Waals surface area contributed by atoms with E-state index in [1.165, 1.54) is 11.3 Å². The molecule has 4 rings (SSSR count). The van der Waals surface area contributed by atoms with Crippen LogP contribution < -0.4 is 0 Å². The number of cyclic esters (lactones) is 1. The summed E-state index contributed by atoms with van der Waals surface area (Å²) in [6.45, 7) is 5.05. The SMILES string of the molecule is CC1(C)[C@@H]2CC[C@]13COC(=O)N(C(=O)CCc1ccccc1)[C@@H]3C2. The molecule has 1 aliphatic heterocycles. The van der Waals surface area contributed by atoms with Crippen molar-refractivity contribution in [1.29, 1.82) is 0 Å². The Labute approximate surface area is 143 Å². The molecule has 128 valence electrons. The quantitative estimate of drug-likeness (QED) is 0.848. The summed E-state index contributed by atoms with van der Waals surface area (Å²) >= 11 is 0. The molecule has 3 fully saturated rings. The van der Waals surface area contributed by atoms with Crippen molar-refractivity contribution in [1.82, 2.24) is 4.90 Å². The molecule has 2 saturated carbocycles. The summed E-state index contributed by atoms with van der Waals surface area (Å²) in [6.07, 6.45) is 3.77. The second-order valence-corrected chi connectivity index (χ2v) is 8.17. The summed E-state index contributed by atoms with van der Waals surface area (Å²) in [7, 11) is 0. The highest BCUT2D eigenvalue weighted by atomic mass is 16.6. The van der Waals surface area contributed by atoms with Crippen LogP contribution in [0.4, 0.5) is 4.79 Å². The molecule has 2 aliphatic carbocycles. The number of hydrogen-bond acceptors (Lipinski definition) is 3. The number of ether oxygens (including phenoxy) is 1. The van der Waals surface area contributed by atoms with Gasteiger partial charge in [0.05, 0.1) is 6.04 Å². The van der Waals surface area contributed by atoms with Crippen LogP contribution in [0.15, 0.2) is 30.3 Å². The van der Waals surface area contributed by atoms with E-state index in [1.54, 1.807) is 0 Å². The van der Waals surface area contributed by atoms with Crippen LogP contribution in [-0.4, -0.2) is 29.5 Å². The van der Waals surface area contributed by atoms with Crippen LogP contribution in [0.3, 0.4) is 0 Å². The summed E-state index contributed by atoms with van der Waals surface area (Å²) in [5, 5.41) is 0. The molecule has 0 unspecified atom stereocenters. The topological polar surface area (TPSA) is 46.6 Å². The molecule has 2 amide bonds. The zero-order valence-corrected chi connectivity index (χ0v) is 14.5. The lowest BCUT2D eigenvalue weighted by Gasteiger charge is -2.48. The molecular weight excluding hydrogens is 302 g/mol. The number of nitrogens with zero attached hydrogens (tertiary/aromatic N) is 1. The Morgan fingerprint density at radius 1 is 1.29 bits per heavy atom. The van der Waals surface area contributed by atoms with Gasteiger partial charge in [-0.25, -0.2) is 9.69 Å². The van der Waals surface area contributed by atoms with Gasteiger partial charge >= 0.3 is 6.09 Å². The number of hydrogen-bond donors (Lipinski definition) is 0. The number of carbonyl (C=O) groups is 2. The average Bonchev–Trinajstić information content (AvgIpc) is 2.95. The molecule has 1 heterocycles. The number of benzene rings is 1. The minimum atomic E-state index is -0.438. The molecule has 4 heteroatoms. The zero-order chi connectivity index (χ0) is 16.9. The fourth-order valence-corrected chi connectivity index (χ4v) is 5.41. The van der Waals surface area contributed by atoms with Crippen molar-refractivity contribution in [3.8, 4) is 0 Å². The standard InChI is InChI=1S/C20H25NO3/c1-19(2)15-10-11-20(19)13-24-18(23)21(16(20)12-15)17(22)9-8-14-6-4-3-5-7-14/h3-7,15-16H,8-13H2,1-2H3/t15-,16-,20-/m1/s1. The second kappa shape index (κ2) is 5.33. The largest absolute Gasteiger partial charge is 0.448 e. The van der Waals surface area contributed by atoms with Gasteiger partial charge in [0.2, 0.25) is 5.91 Å². The minimum absolute atomic E-state index is 0.0239. The van der Waals surface area contributed by atoms with Crippen molar-refractivity contribution in [2.75, 3.05) is 6.61 Å². The Kier molecular flexibility index (Phi) is 3.48. The van der Waals surface area contributed by atoms with Crippen molar-refractivity contribution in [3.05, 3.63) is 35.9 Å². The summed E-state index contributed by atoms with van der Waals surface area (Å²) < 4.78 is 5.50. The highest BCUT2D eigenvalue weighted by molar-refractivity contribution is 5.93. The van der Waals surface area contributed by atoms with Gasteiger partial charge in [-0.1, -0.05) is 44.2 Å². The van der Waals surface area contributed by atoms with E-state index in [9.17, 15) is 9.59 Å². The highest BCUT2D eigenvalue weighted by Gasteiger charge is 2.68. The predicted octanol–water partition coefficient (Wildman–Crippen LogP) is 3.79. The van der Waals surface area contributed by atoms with E-state index in [1.807, 2.05) is 30.3 Å². The summed E-state index contributed by atoms with van der Waals surface area (Å²) in [5.74, 6) is 0.498. The molecule has 1 aromatic carbocycles. The second-order valence-electron chi connectivity index (χ2n) is 8.17. The molecule has 24 heavy (non-hydrogen) atoms. The van der Waals surface area contributed by atoms with Crippen molar-refractivity contribution in [2.24, 2.45) is 16.7 Å². The predicted molar refractivity (Wildman–Crippen MR) is 90.3 cm³/mol. The number of carbonyl (C=O) groups excluding carboxylic acids is 2. The Morgan fingerprint density at radius 2 is 2.04 bits per heavy atom. The minimum Gasteiger partial charge on any atom is -0.448 e. The molecule has 3 aliphatic rings. The van der Waals surface area contributed by atoms with Gasteiger partial charge < -0.3 is 4.74 Å². The number of amides is 2. The van der Waals surface area contributed by atoms with Gasteiger partial charge in [-0.15, -0.1) is 0 Å². The Morgan fingerprint density at radius 3 is 2.75 bits per heavy atom. The monoisotopic (exact) mass is 327 g/mol. The highest BCUT2D eigenvalue weighted by Crippen LogP contribution is 2.67. The zero-order valence-electron chi connectivity index (χ0n) is 14.5.